The van der Waals surface area contributed by atoms with Crippen LogP contribution in [0.15, 0.2) is 53.4 Å². The second-order valence-corrected chi connectivity index (χ2v) is 10.2. The van der Waals surface area contributed by atoms with E-state index in [4.69, 9.17) is 0 Å². The van der Waals surface area contributed by atoms with Gasteiger partial charge in [0, 0.05) is 10.1 Å². The average Bonchev–Trinajstić information content (AvgIpc) is 2.90. The van der Waals surface area contributed by atoms with Crippen molar-refractivity contribution in [1.29, 1.82) is 0 Å². The zero-order chi connectivity index (χ0) is 23.4. The van der Waals surface area contributed by atoms with Crippen LogP contribution in [0.5, 0.6) is 0 Å². The van der Waals surface area contributed by atoms with Crippen molar-refractivity contribution in [2.45, 2.75) is 49.9 Å². The summed E-state index contributed by atoms with van der Waals surface area (Å²) in [6.07, 6.45) is 0. The number of carbonyl (C=O) groups excluding carboxylic acids is 3. The molecule has 0 saturated heterocycles. The second kappa shape index (κ2) is 7.78. The lowest BCUT2D eigenvalue weighted by Crippen LogP contribution is -2.59. The van der Waals surface area contributed by atoms with Crippen LogP contribution in [0.2, 0.25) is 0 Å². The average molecular weight is 453 g/mol. The van der Waals surface area contributed by atoms with E-state index in [2.05, 4.69) is 0 Å². The number of carboxylic acids is 1. The van der Waals surface area contributed by atoms with E-state index >= 15 is 0 Å². The summed E-state index contributed by atoms with van der Waals surface area (Å²) in [4.78, 5) is 55.6. The Morgan fingerprint density at radius 2 is 1.50 bits per heavy atom. The fourth-order valence-corrected chi connectivity index (χ4v) is 5.65. The van der Waals surface area contributed by atoms with Gasteiger partial charge in [-0.2, -0.15) is 0 Å². The van der Waals surface area contributed by atoms with Crippen LogP contribution in [0.4, 0.5) is 5.69 Å². The van der Waals surface area contributed by atoms with Gasteiger partial charge in [0.15, 0.2) is 0 Å². The molecule has 0 aromatic heterocycles. The van der Waals surface area contributed by atoms with Crippen LogP contribution >= 0.6 is 11.8 Å². The molecular weight excluding hydrogens is 428 g/mol. The number of rotatable bonds is 3. The van der Waals surface area contributed by atoms with Gasteiger partial charge in [0.25, 0.3) is 17.7 Å². The first-order valence-electron chi connectivity index (χ1n) is 10.3. The third-order valence-electron chi connectivity index (χ3n) is 5.86. The van der Waals surface area contributed by atoms with Crippen LogP contribution < -0.4 is 4.90 Å². The summed E-state index contributed by atoms with van der Waals surface area (Å²) < 4.78 is 0. The highest BCUT2D eigenvalue weighted by molar-refractivity contribution is 8.00. The lowest BCUT2D eigenvalue weighted by atomic mass is 9.85. The molecule has 1 N–H and O–H groups in total. The molecule has 8 heteroatoms. The number of benzene rings is 2. The summed E-state index contributed by atoms with van der Waals surface area (Å²) >= 11 is 1.40. The summed E-state index contributed by atoms with van der Waals surface area (Å²) in [7, 11) is 0. The van der Waals surface area contributed by atoms with Crippen LogP contribution in [0.1, 0.15) is 48.4 Å². The normalized spacial score (nSPS) is 21.8. The van der Waals surface area contributed by atoms with Crippen molar-refractivity contribution in [3.63, 3.8) is 0 Å². The zero-order valence-corrected chi connectivity index (χ0v) is 19.1. The standard InChI is InChI=1S/C24H24N2O5S/c1-13(23(30)31)25-16-11-7-8-12-17(16)32-19(24(2,3)4)18(22(25)29)26-20(27)14-9-5-6-10-15(14)21(26)28/h5-13,18-19H,1-4H3,(H,30,31)/t13?,18-,19?/m0/s1. The molecule has 2 aliphatic heterocycles. The number of carboxylic acid groups (broad SMARTS) is 1. The predicted molar refractivity (Wildman–Crippen MR) is 121 cm³/mol. The topological polar surface area (TPSA) is 95.0 Å². The Bertz CT molecular complexity index is 1100. The van der Waals surface area contributed by atoms with Gasteiger partial charge in [-0.25, -0.2) is 4.79 Å². The van der Waals surface area contributed by atoms with Crippen molar-refractivity contribution in [3.05, 3.63) is 59.7 Å². The molecule has 2 heterocycles. The van der Waals surface area contributed by atoms with Gasteiger partial charge in [0.2, 0.25) is 0 Å². The number of fused-ring (bicyclic) bond motifs is 2. The zero-order valence-electron chi connectivity index (χ0n) is 18.2. The van der Waals surface area contributed by atoms with Gasteiger partial charge in [-0.15, -0.1) is 11.8 Å². The van der Waals surface area contributed by atoms with Crippen LogP contribution in [0.25, 0.3) is 0 Å². The first kappa shape index (κ1) is 22.1. The van der Waals surface area contributed by atoms with Crippen molar-refractivity contribution in [3.8, 4) is 0 Å². The van der Waals surface area contributed by atoms with Crippen LogP contribution in [0, 0.1) is 5.41 Å². The third kappa shape index (κ3) is 3.39. The van der Waals surface area contributed by atoms with Crippen molar-refractivity contribution in [2.24, 2.45) is 5.41 Å². The van der Waals surface area contributed by atoms with E-state index in [1.54, 1.807) is 36.4 Å². The number of hydrogen-bond donors (Lipinski definition) is 1. The Balaban J connectivity index is 1.92. The highest BCUT2D eigenvalue weighted by atomic mass is 32.2. The maximum Gasteiger partial charge on any atom is 0.326 e. The van der Waals surface area contributed by atoms with Crippen molar-refractivity contribution >= 4 is 41.1 Å². The molecule has 0 radical (unpaired) electrons. The van der Waals surface area contributed by atoms with Crippen LogP contribution in [-0.2, 0) is 9.59 Å². The molecule has 2 aliphatic rings. The minimum absolute atomic E-state index is 0.252. The van der Waals surface area contributed by atoms with Crippen molar-refractivity contribution in [2.75, 3.05) is 4.90 Å². The molecule has 4 rings (SSSR count). The van der Waals surface area contributed by atoms with E-state index in [1.165, 1.54) is 23.6 Å². The van der Waals surface area contributed by atoms with E-state index in [9.17, 15) is 24.3 Å². The molecule has 3 amide bonds. The Morgan fingerprint density at radius 1 is 0.969 bits per heavy atom. The summed E-state index contributed by atoms with van der Waals surface area (Å²) in [6, 6.07) is 11.2. The van der Waals surface area contributed by atoms with Gasteiger partial charge in [0.05, 0.1) is 16.8 Å². The van der Waals surface area contributed by atoms with E-state index < -0.39 is 46.4 Å². The van der Waals surface area contributed by atoms with Crippen LogP contribution in [-0.4, -0.2) is 51.0 Å². The number of nitrogens with zero attached hydrogens (tertiary/aromatic N) is 2. The SMILES string of the molecule is CC(C(=O)O)N1C(=O)[C@@H](N2C(=O)c3ccccc3C2=O)C(C(C)(C)C)Sc2ccccc21. The number of hydrogen-bond acceptors (Lipinski definition) is 5. The maximum absolute atomic E-state index is 14.0. The van der Waals surface area contributed by atoms with Crippen molar-refractivity contribution < 1.29 is 24.3 Å². The Labute approximate surface area is 190 Å². The van der Waals surface area contributed by atoms with E-state index in [-0.39, 0.29) is 11.1 Å². The van der Waals surface area contributed by atoms with Crippen LogP contribution in [0.3, 0.4) is 0 Å². The van der Waals surface area contributed by atoms with Gasteiger partial charge < -0.3 is 5.11 Å². The summed E-state index contributed by atoms with van der Waals surface area (Å²) in [6.45, 7) is 7.27. The van der Waals surface area contributed by atoms with E-state index in [0.717, 1.165) is 9.80 Å². The Hall–Kier alpha value is -3.13. The van der Waals surface area contributed by atoms with Gasteiger partial charge in [-0.1, -0.05) is 45.0 Å². The van der Waals surface area contributed by atoms with Gasteiger partial charge in [-0.3, -0.25) is 24.2 Å². The number of anilines is 1. The van der Waals surface area contributed by atoms with Gasteiger partial charge >= 0.3 is 5.97 Å². The monoisotopic (exact) mass is 452 g/mol. The van der Waals surface area contributed by atoms with Gasteiger partial charge in [0.1, 0.15) is 12.1 Å². The summed E-state index contributed by atoms with van der Waals surface area (Å²) in [5.74, 6) is -2.82. The smallest absolute Gasteiger partial charge is 0.326 e. The molecule has 0 saturated carbocycles. The molecular formula is C24H24N2O5S. The fraction of sp³-hybridized carbons (Fsp3) is 0.333. The second-order valence-electron chi connectivity index (χ2n) is 9.07. The molecule has 7 nitrogen and oxygen atoms in total. The first-order valence-corrected chi connectivity index (χ1v) is 11.2. The van der Waals surface area contributed by atoms with E-state index in [0.29, 0.717) is 5.69 Å². The summed E-state index contributed by atoms with van der Waals surface area (Å²) in [5, 5.41) is 9.25. The molecule has 0 aliphatic carbocycles. The Kier molecular flexibility index (Phi) is 5.36. The quantitative estimate of drug-likeness (QED) is 0.714. The minimum Gasteiger partial charge on any atom is -0.480 e. The molecule has 166 valence electrons. The molecule has 0 bridgehead atoms. The number of para-hydroxylation sites is 1. The van der Waals surface area contributed by atoms with Crippen molar-refractivity contribution in [1.82, 2.24) is 4.90 Å². The summed E-state index contributed by atoms with van der Waals surface area (Å²) in [5.41, 5.74) is 0.478. The highest BCUT2D eigenvalue weighted by Crippen LogP contribution is 2.47. The number of carbonyl (C=O) groups is 4. The molecule has 3 atom stereocenters. The third-order valence-corrected chi connectivity index (χ3v) is 7.68. The molecule has 0 spiro atoms. The van der Waals surface area contributed by atoms with Gasteiger partial charge in [-0.05, 0) is 36.6 Å². The highest BCUT2D eigenvalue weighted by Gasteiger charge is 2.53. The molecule has 2 aromatic rings. The fourth-order valence-electron chi connectivity index (χ4n) is 4.21. The largest absolute Gasteiger partial charge is 0.480 e. The predicted octanol–water partition coefficient (Wildman–Crippen LogP) is 3.68. The maximum atomic E-state index is 14.0. The minimum atomic E-state index is -1.18. The molecule has 0 fully saturated rings. The molecule has 2 aromatic carbocycles. The van der Waals surface area contributed by atoms with E-state index in [1.807, 2.05) is 32.9 Å². The number of amides is 3. The first-order chi connectivity index (χ1) is 15.0. The molecule has 32 heavy (non-hydrogen) atoms. The Morgan fingerprint density at radius 3 is 2.03 bits per heavy atom. The molecule has 2 unspecified atom stereocenters. The lowest BCUT2D eigenvalue weighted by molar-refractivity contribution is -0.140. The number of aliphatic carboxylic acids is 1. The number of imide groups is 1. The lowest BCUT2D eigenvalue weighted by Gasteiger charge is -2.39. The number of thioether (sulfide) groups is 1.